The van der Waals surface area contributed by atoms with Gasteiger partial charge < -0.3 is 90.0 Å². The van der Waals surface area contributed by atoms with Crippen molar-refractivity contribution in [3.8, 4) is 45.6 Å². The van der Waals surface area contributed by atoms with Crippen molar-refractivity contribution in [1.29, 1.82) is 0 Å². The first-order chi connectivity index (χ1) is 68.8. The molecule has 0 aliphatic carbocycles. The standard InChI is InChI=1S/C48H48N8.C36H42N4O6.C34H38N4O6.Zn/c1-45(2,3)25-13-17-29-33(21-25)41-49-37(29)54-42-35-23-27(47(7,8)9)15-19-31(35)39(51-42)56-44-36-24-28(48(10,11)12)16-20-32(36)40(52-44)55-43-34-22-26(46(4,5)6)14-18-30(34)38(50-43)53-41;1-17-23(9-11-33(43)45-7)29-16-30-24(10-12-34(44)46-8)18(2)26(38-30)14-31-36(22(6)42)20(4)28(40-31)15-32-35(21(5)41)19(3)27(39-32)13-25(17)37-29;1-15-21(7-9-31(41)42)27-14-28-22(8-10-32(43)44)16(2)24(36-28)12-29-34(20(6)40)18(4)26(38-29)13-30-33(19(5)39)17(3)25(37-30)11-23(15)35-27;/h13-24H,1-12H3;13-16,21-22,38,40-42H,9-12H2,1-8H3;11-14,19-20,37-40H,7-10H2,1-6H3,(H,41,42)(H,43,44);/q-2;;;+2. The van der Waals surface area contributed by atoms with Gasteiger partial charge in [-0.15, -0.1) is 0 Å². The average Bonchev–Trinajstić information content (AvgIpc) is 1.58. The molecular formula is C118H128N16O12Zn. The predicted octanol–water partition coefficient (Wildman–Crippen LogP) is 24.2. The van der Waals surface area contributed by atoms with Gasteiger partial charge in [-0.25, -0.2) is 29.9 Å². The minimum absolute atomic E-state index is 0. The number of aliphatic hydroxyl groups excluding tert-OH is 4. The van der Waals surface area contributed by atoms with Crippen molar-refractivity contribution in [2.45, 2.75) is 264 Å². The Balaban J connectivity index is 0.000000159. The van der Waals surface area contributed by atoms with E-state index in [2.05, 4.69) is 176 Å². The normalized spacial score (nSPS) is 14.0. The number of aromatic nitrogens is 16. The first-order valence-corrected chi connectivity index (χ1v) is 49.8. The second-order valence-corrected chi connectivity index (χ2v) is 43.2. The quantitative estimate of drug-likeness (QED) is 0.0317. The van der Waals surface area contributed by atoms with Crippen molar-refractivity contribution in [1.82, 2.24) is 79.7 Å². The van der Waals surface area contributed by atoms with E-state index in [-0.39, 0.29) is 91.6 Å². The number of aliphatic hydroxyl groups is 4. The second kappa shape index (κ2) is 40.5. The molecule has 0 spiro atoms. The summed E-state index contributed by atoms with van der Waals surface area (Å²) in [5, 5.41) is 65.8. The van der Waals surface area contributed by atoms with Gasteiger partial charge in [-0.2, -0.15) is 0 Å². The number of nitrogens with one attached hydrogen (secondary N) is 4. The van der Waals surface area contributed by atoms with Crippen LogP contribution in [0.1, 0.15) is 314 Å². The maximum absolute atomic E-state index is 12.2. The molecule has 4 atom stereocenters. The van der Waals surface area contributed by atoms with Crippen LogP contribution in [0.25, 0.3) is 178 Å². The van der Waals surface area contributed by atoms with E-state index in [1.807, 2.05) is 104 Å². The van der Waals surface area contributed by atoms with Crippen molar-refractivity contribution in [2.24, 2.45) is 0 Å². The molecule has 0 fully saturated rings. The Hall–Kier alpha value is -14.2. The van der Waals surface area contributed by atoms with Gasteiger partial charge in [-0.1, -0.05) is 132 Å². The number of aryl methyl sites for hydroxylation is 5. The number of ether oxygens (including phenoxy) is 2. The molecule has 6 aliphatic rings. The first kappa shape index (κ1) is 106. The number of H-pyrrole nitrogens is 4. The topological polar surface area (TPSA) is 428 Å². The Morgan fingerprint density at radius 1 is 0.313 bits per heavy atom. The number of aliphatic carboxylic acids is 2. The van der Waals surface area contributed by atoms with Crippen molar-refractivity contribution in [3.63, 3.8) is 0 Å². The summed E-state index contributed by atoms with van der Waals surface area (Å²) in [6, 6.07) is 41.2. The number of nitrogens with zero attached hydrogens (tertiary/aromatic N) is 12. The van der Waals surface area contributed by atoms with E-state index in [4.69, 9.17) is 69.3 Å². The van der Waals surface area contributed by atoms with Gasteiger partial charge in [0.05, 0.1) is 107 Å². The van der Waals surface area contributed by atoms with E-state index in [0.29, 0.717) is 121 Å². The molecule has 13 aromatic rings. The SMILES string of the molecule is CC(C)(C)c1ccc2c(c1)-c1nc-2nc2[n-]c(nc3nc(nc4[n-]c(n1)c1ccc(C(C)(C)C)cc41)-c1ccc(C(C)(C)C)cc1-3)c1ccc(C(C)(C)C)cc21.CC1=C(CCC(=O)O)c2cc3nc(cc4[nH]c(cc5[nH]c(cc1n2)c(C)c5C(C)O)c(C)c4C(C)O)C(C)=C3CCC(=O)O.COC(=O)CCC1=C(C)c2cc3nc(cc4[nH]c(cc5[nH]c(cc1n2)c(CCC(=O)OC)c5C)c(C(C)O)c4C)C(C(C)O)=C3C.[Zn+2]. The van der Waals surface area contributed by atoms with Crippen LogP contribution in [0, 0.1) is 27.7 Å². The fraction of sp³-hybridized carbons (Fsp3) is 0.356. The number of carbonyl (C=O) groups excluding carboxylic acids is 2. The summed E-state index contributed by atoms with van der Waals surface area (Å²) < 4.78 is 9.87. The smallest absolute Gasteiger partial charge is 0.481 e. The summed E-state index contributed by atoms with van der Waals surface area (Å²) in [4.78, 5) is 123. The number of carboxylic acid groups (broad SMARTS) is 2. The number of carbonyl (C=O) groups is 4. The zero-order valence-electron chi connectivity index (χ0n) is 88.7. The zero-order chi connectivity index (χ0) is 105. The number of hydrogen-bond acceptors (Lipinski definition) is 20. The van der Waals surface area contributed by atoms with Crippen LogP contribution in [0.15, 0.2) is 121 Å². The average molecular weight is 2030 g/mol. The van der Waals surface area contributed by atoms with Crippen LogP contribution >= 0.6 is 0 Å². The van der Waals surface area contributed by atoms with Crippen LogP contribution in [0.5, 0.6) is 0 Å². The van der Waals surface area contributed by atoms with Crippen molar-refractivity contribution in [3.05, 3.63) is 234 Å². The van der Waals surface area contributed by atoms with Crippen LogP contribution in [-0.4, -0.2) is 145 Å². The number of esters is 2. The molecule has 10 N–H and O–H groups in total. The summed E-state index contributed by atoms with van der Waals surface area (Å²) in [7, 11) is 2.75. The number of methoxy groups -OCH3 is 2. The van der Waals surface area contributed by atoms with Crippen LogP contribution in [-0.2, 0) is 76.2 Å². The molecule has 754 valence electrons. The number of carboxylic acids is 2. The minimum Gasteiger partial charge on any atom is -0.481 e. The van der Waals surface area contributed by atoms with E-state index < -0.39 is 36.4 Å². The van der Waals surface area contributed by atoms with Gasteiger partial charge >= 0.3 is 43.4 Å². The molecule has 4 aromatic carbocycles. The number of fused-ring (bicyclic) bond motifs is 36. The van der Waals surface area contributed by atoms with Gasteiger partial charge in [0.2, 0.25) is 0 Å². The minimum atomic E-state index is -0.921. The Kier molecular flexibility index (Phi) is 29.1. The molecule has 147 heavy (non-hydrogen) atoms. The van der Waals surface area contributed by atoms with Gasteiger partial charge in [0, 0.05) is 137 Å². The third-order valence-corrected chi connectivity index (χ3v) is 28.9. The van der Waals surface area contributed by atoms with E-state index in [1.165, 1.54) is 36.5 Å². The molecule has 9 aromatic heterocycles. The largest absolute Gasteiger partial charge is 2.00 e. The fourth-order valence-electron chi connectivity index (χ4n) is 20.4. The van der Waals surface area contributed by atoms with E-state index >= 15 is 0 Å². The molecule has 4 unspecified atom stereocenters. The molecule has 24 bridgehead atoms. The summed E-state index contributed by atoms with van der Waals surface area (Å²) in [5.41, 5.74) is 34.8. The zero-order valence-corrected chi connectivity index (χ0v) is 91.7. The van der Waals surface area contributed by atoms with Crippen LogP contribution in [0.4, 0.5) is 0 Å². The molecule has 15 heterocycles. The van der Waals surface area contributed by atoms with E-state index in [1.54, 1.807) is 27.7 Å². The molecule has 0 saturated heterocycles. The monoisotopic (exact) mass is 2020 g/mol. The van der Waals surface area contributed by atoms with Gasteiger partial charge in [-0.3, -0.25) is 19.2 Å². The molecule has 6 aliphatic heterocycles. The van der Waals surface area contributed by atoms with Crippen molar-refractivity contribution < 1.29 is 78.8 Å². The van der Waals surface area contributed by atoms with E-state index in [9.17, 15) is 49.8 Å². The molecule has 29 heteroatoms. The molecule has 19 rings (SSSR count). The molecule has 0 amide bonds. The third-order valence-electron chi connectivity index (χ3n) is 28.9. The van der Waals surface area contributed by atoms with Crippen LogP contribution in [0.2, 0.25) is 0 Å². The van der Waals surface area contributed by atoms with Crippen molar-refractivity contribution >= 4 is 157 Å². The maximum atomic E-state index is 12.2. The maximum Gasteiger partial charge on any atom is 2.00 e. The summed E-state index contributed by atoms with van der Waals surface area (Å²) in [6.07, 6.45) is -1.44. The number of allylic oxidation sites excluding steroid dienone is 7. The van der Waals surface area contributed by atoms with Crippen LogP contribution < -0.4 is 9.97 Å². The second-order valence-electron chi connectivity index (χ2n) is 43.2. The van der Waals surface area contributed by atoms with Gasteiger partial charge in [0.15, 0.2) is 0 Å². The van der Waals surface area contributed by atoms with Crippen molar-refractivity contribution in [2.75, 3.05) is 14.2 Å². The Morgan fingerprint density at radius 3 is 1.00 bits per heavy atom. The third kappa shape index (κ3) is 20.9. The van der Waals surface area contributed by atoms with Crippen LogP contribution in [0.3, 0.4) is 0 Å². The summed E-state index contributed by atoms with van der Waals surface area (Å²) in [6.45, 7) is 49.0. The molecule has 0 saturated carbocycles. The van der Waals surface area contributed by atoms with E-state index in [0.717, 1.165) is 160 Å². The predicted molar refractivity (Wildman–Crippen MR) is 579 cm³/mol. The Morgan fingerprint density at radius 2 is 0.612 bits per heavy atom. The fourth-order valence-corrected chi connectivity index (χ4v) is 20.4. The number of benzene rings is 4. The van der Waals surface area contributed by atoms with Gasteiger partial charge in [0.1, 0.15) is 0 Å². The number of rotatable bonds is 16. The van der Waals surface area contributed by atoms with Gasteiger partial charge in [0.25, 0.3) is 0 Å². The number of hydrogen-bond donors (Lipinski definition) is 10. The first-order valence-electron chi connectivity index (χ1n) is 49.8. The Bertz CT molecular complexity index is 8160. The van der Waals surface area contributed by atoms with Gasteiger partial charge in [-0.05, 0) is 314 Å². The molecule has 28 nitrogen and oxygen atoms in total. The molecule has 0 radical (unpaired) electrons. The Labute approximate surface area is 866 Å². The summed E-state index contributed by atoms with van der Waals surface area (Å²) in [5.74, 6) is -0.217. The molecular weight excluding hydrogens is 1900 g/mol. The number of aromatic amines is 4. The summed E-state index contributed by atoms with van der Waals surface area (Å²) >= 11 is 0.